The summed E-state index contributed by atoms with van der Waals surface area (Å²) in [4.78, 5) is 11.0. The van der Waals surface area contributed by atoms with Crippen molar-refractivity contribution in [3.63, 3.8) is 0 Å². The third kappa shape index (κ3) is 1.83. The highest BCUT2D eigenvalue weighted by Gasteiger charge is 2.32. The first-order valence-corrected chi connectivity index (χ1v) is 5.21. The molecule has 2 rings (SSSR count). The molecule has 2 aromatic rings. The van der Waals surface area contributed by atoms with E-state index in [9.17, 15) is 9.18 Å². The van der Waals surface area contributed by atoms with Gasteiger partial charge in [0.25, 0.3) is 0 Å². The van der Waals surface area contributed by atoms with Crippen molar-refractivity contribution in [3.8, 4) is 12.3 Å². The largest absolute Gasteiger partial charge is 0.479 e. The Hall–Kier alpha value is -2.32. The lowest BCUT2D eigenvalue weighted by atomic mass is 10.0. The Morgan fingerprint density at radius 3 is 2.83 bits per heavy atom. The summed E-state index contributed by atoms with van der Waals surface area (Å²) in [5.41, 5.74) is 4.30. The fourth-order valence-electron chi connectivity index (χ4n) is 1.78. The van der Waals surface area contributed by atoms with Crippen LogP contribution in [0.2, 0.25) is 0 Å². The first-order valence-electron chi connectivity index (χ1n) is 5.21. The van der Waals surface area contributed by atoms with Gasteiger partial charge in [-0.05, 0) is 12.1 Å². The van der Waals surface area contributed by atoms with E-state index in [0.29, 0.717) is 10.9 Å². The predicted molar refractivity (Wildman–Crippen MR) is 65.3 cm³/mol. The lowest BCUT2D eigenvalue weighted by Crippen LogP contribution is -2.50. The van der Waals surface area contributed by atoms with Crippen LogP contribution in [0.5, 0.6) is 0 Å². The number of benzene rings is 1. The van der Waals surface area contributed by atoms with E-state index in [0.717, 1.165) is 0 Å². The maximum atomic E-state index is 13.6. The number of carbonyl (C=O) groups is 1. The van der Waals surface area contributed by atoms with Gasteiger partial charge in [0.2, 0.25) is 0 Å². The van der Waals surface area contributed by atoms with Gasteiger partial charge in [0.15, 0.2) is 5.54 Å². The van der Waals surface area contributed by atoms with Crippen LogP contribution >= 0.6 is 0 Å². The molecule has 5 heteroatoms. The van der Waals surface area contributed by atoms with Crippen LogP contribution in [0.4, 0.5) is 4.39 Å². The molecule has 1 heterocycles. The minimum atomic E-state index is -1.85. The van der Waals surface area contributed by atoms with Crippen molar-refractivity contribution in [1.29, 1.82) is 0 Å². The summed E-state index contributed by atoms with van der Waals surface area (Å²) in [5, 5.41) is 9.40. The number of hydrogen-bond donors (Lipinski definition) is 2. The molecule has 3 N–H and O–H groups in total. The van der Waals surface area contributed by atoms with Crippen LogP contribution < -0.4 is 5.73 Å². The molecule has 0 aliphatic heterocycles. The fraction of sp³-hybridized carbons (Fsp3) is 0.154. The van der Waals surface area contributed by atoms with E-state index in [1.165, 1.54) is 10.8 Å². The second-order valence-electron chi connectivity index (χ2n) is 4.04. The van der Waals surface area contributed by atoms with Gasteiger partial charge in [-0.1, -0.05) is 18.1 Å². The Morgan fingerprint density at radius 1 is 1.56 bits per heavy atom. The average Bonchev–Trinajstić information content (AvgIpc) is 2.66. The second-order valence-corrected chi connectivity index (χ2v) is 4.04. The number of fused-ring (bicyclic) bond motifs is 1. The fourth-order valence-corrected chi connectivity index (χ4v) is 1.78. The summed E-state index contributed by atoms with van der Waals surface area (Å²) in [6.45, 7) is -0.191. The summed E-state index contributed by atoms with van der Waals surface area (Å²) in [6.07, 6.45) is 6.34. The molecular formula is C13H11FN2O2. The highest BCUT2D eigenvalue weighted by molar-refractivity contribution is 5.84. The molecule has 0 saturated carbocycles. The molecule has 0 bridgehead atoms. The third-order valence-corrected chi connectivity index (χ3v) is 2.80. The molecule has 0 aliphatic rings. The summed E-state index contributed by atoms with van der Waals surface area (Å²) >= 11 is 0. The Labute approximate surface area is 103 Å². The van der Waals surface area contributed by atoms with Crippen LogP contribution in [0, 0.1) is 18.2 Å². The Morgan fingerprint density at radius 2 is 2.22 bits per heavy atom. The molecule has 0 fully saturated rings. The van der Waals surface area contributed by atoms with Gasteiger partial charge in [0.1, 0.15) is 5.82 Å². The van der Waals surface area contributed by atoms with Crippen LogP contribution in [0.3, 0.4) is 0 Å². The first kappa shape index (κ1) is 12.1. The first-order chi connectivity index (χ1) is 8.48. The van der Waals surface area contributed by atoms with E-state index >= 15 is 0 Å². The lowest BCUT2D eigenvalue weighted by Gasteiger charge is -2.19. The molecule has 1 atom stereocenters. The van der Waals surface area contributed by atoms with Crippen LogP contribution in [-0.2, 0) is 11.3 Å². The number of para-hydroxylation sites is 1. The van der Waals surface area contributed by atoms with Crippen molar-refractivity contribution in [2.45, 2.75) is 12.1 Å². The maximum Gasteiger partial charge on any atom is 0.338 e. The number of carboxylic acid groups (broad SMARTS) is 1. The zero-order chi connectivity index (χ0) is 13.3. The van der Waals surface area contributed by atoms with Crippen LogP contribution in [0.15, 0.2) is 30.5 Å². The van der Waals surface area contributed by atoms with Gasteiger partial charge in [-0.3, -0.25) is 0 Å². The molecule has 0 spiro atoms. The molecule has 1 aromatic carbocycles. The van der Waals surface area contributed by atoms with Crippen LogP contribution in [0.25, 0.3) is 10.9 Å². The van der Waals surface area contributed by atoms with Gasteiger partial charge in [-0.15, -0.1) is 6.42 Å². The molecule has 1 aromatic heterocycles. The van der Waals surface area contributed by atoms with Crippen molar-refractivity contribution in [1.82, 2.24) is 4.57 Å². The van der Waals surface area contributed by atoms with E-state index in [4.69, 9.17) is 17.3 Å². The SMILES string of the molecule is C#CC(N)(Cn1cc(F)c2ccccc21)C(=O)O. The third-order valence-electron chi connectivity index (χ3n) is 2.80. The number of nitrogens with two attached hydrogens (primary N) is 1. The number of aromatic nitrogens is 1. The molecule has 0 radical (unpaired) electrons. The van der Waals surface area contributed by atoms with Gasteiger partial charge < -0.3 is 15.4 Å². The monoisotopic (exact) mass is 246 g/mol. The molecule has 0 aliphatic carbocycles. The van der Waals surface area contributed by atoms with Crippen molar-refractivity contribution >= 4 is 16.9 Å². The number of nitrogens with zero attached hydrogens (tertiary/aromatic N) is 1. The van der Waals surface area contributed by atoms with Crippen molar-refractivity contribution in [2.24, 2.45) is 5.73 Å². The summed E-state index contributed by atoms with van der Waals surface area (Å²) in [5.74, 6) is 0.284. The molecule has 0 saturated heterocycles. The van der Waals surface area contributed by atoms with E-state index < -0.39 is 17.3 Å². The van der Waals surface area contributed by atoms with Crippen molar-refractivity contribution in [2.75, 3.05) is 0 Å². The Kier molecular flexibility index (Phi) is 2.81. The molecule has 0 amide bonds. The summed E-state index contributed by atoms with van der Waals surface area (Å²) < 4.78 is 15.0. The standard InChI is InChI=1S/C13H11FN2O2/c1-2-13(15,12(17)18)8-16-7-10(14)9-5-3-4-6-11(9)16/h1,3-7H,8,15H2,(H,17,18). The summed E-state index contributed by atoms with van der Waals surface area (Å²) in [6, 6.07) is 6.71. The van der Waals surface area contributed by atoms with Gasteiger partial charge in [0, 0.05) is 11.6 Å². The van der Waals surface area contributed by atoms with E-state index in [2.05, 4.69) is 0 Å². The van der Waals surface area contributed by atoms with Gasteiger partial charge >= 0.3 is 5.97 Å². The van der Waals surface area contributed by atoms with Gasteiger partial charge in [-0.2, -0.15) is 0 Å². The highest BCUT2D eigenvalue weighted by Crippen LogP contribution is 2.21. The molecular weight excluding hydrogens is 235 g/mol. The number of hydrogen-bond acceptors (Lipinski definition) is 2. The van der Waals surface area contributed by atoms with Crippen LogP contribution in [-0.4, -0.2) is 21.2 Å². The Balaban J connectivity index is 2.51. The topological polar surface area (TPSA) is 68.2 Å². The molecule has 1 unspecified atom stereocenters. The average molecular weight is 246 g/mol. The van der Waals surface area contributed by atoms with E-state index in [1.807, 2.05) is 5.92 Å². The zero-order valence-corrected chi connectivity index (χ0v) is 9.43. The van der Waals surface area contributed by atoms with E-state index in [-0.39, 0.29) is 6.54 Å². The predicted octanol–water partition coefficient (Wildman–Crippen LogP) is 1.20. The van der Waals surface area contributed by atoms with Gasteiger partial charge in [-0.25, -0.2) is 9.18 Å². The minimum Gasteiger partial charge on any atom is -0.479 e. The quantitative estimate of drug-likeness (QED) is 0.799. The highest BCUT2D eigenvalue weighted by atomic mass is 19.1. The second kappa shape index (κ2) is 4.17. The smallest absolute Gasteiger partial charge is 0.338 e. The maximum absolute atomic E-state index is 13.6. The number of rotatable bonds is 3. The van der Waals surface area contributed by atoms with E-state index in [1.54, 1.807) is 24.3 Å². The molecule has 18 heavy (non-hydrogen) atoms. The lowest BCUT2D eigenvalue weighted by molar-refractivity contribution is -0.141. The van der Waals surface area contributed by atoms with Crippen molar-refractivity contribution < 1.29 is 14.3 Å². The molecule has 92 valence electrons. The molecule has 4 nitrogen and oxygen atoms in total. The number of halogens is 1. The zero-order valence-electron chi connectivity index (χ0n) is 9.43. The van der Waals surface area contributed by atoms with Crippen LogP contribution in [0.1, 0.15) is 0 Å². The number of carboxylic acids is 1. The number of terminal acetylenes is 1. The van der Waals surface area contributed by atoms with Crippen molar-refractivity contribution in [3.05, 3.63) is 36.3 Å². The normalized spacial score (nSPS) is 14.1. The van der Waals surface area contributed by atoms with Gasteiger partial charge in [0.05, 0.1) is 12.1 Å². The minimum absolute atomic E-state index is 0.191. The Bertz CT molecular complexity index is 657. The number of aliphatic carboxylic acids is 1. The summed E-state index contributed by atoms with van der Waals surface area (Å²) in [7, 11) is 0.